The summed E-state index contributed by atoms with van der Waals surface area (Å²) in [5.41, 5.74) is 0.936. The summed E-state index contributed by atoms with van der Waals surface area (Å²) in [4.78, 5) is 26.2. The van der Waals surface area contributed by atoms with E-state index in [-0.39, 0.29) is 12.0 Å². The highest BCUT2D eigenvalue weighted by Crippen LogP contribution is 2.17. The van der Waals surface area contributed by atoms with Crippen LogP contribution in [0.25, 0.3) is 0 Å². The number of carbonyl (C=O) groups excluding carboxylic acids is 1. The van der Waals surface area contributed by atoms with Gasteiger partial charge in [-0.1, -0.05) is 6.07 Å². The molecule has 0 radical (unpaired) electrons. The van der Waals surface area contributed by atoms with E-state index in [0.717, 1.165) is 24.9 Å². The van der Waals surface area contributed by atoms with Crippen LogP contribution in [-0.2, 0) is 11.2 Å². The quantitative estimate of drug-likeness (QED) is 0.855. The summed E-state index contributed by atoms with van der Waals surface area (Å²) in [6.07, 6.45) is 8.79. The topological polar surface area (TPSA) is 68.2 Å². The maximum absolute atomic E-state index is 12.4. The Labute approximate surface area is 129 Å². The van der Waals surface area contributed by atoms with Gasteiger partial charge in [0.15, 0.2) is 0 Å². The highest BCUT2D eigenvalue weighted by molar-refractivity contribution is 5.78. The van der Waals surface area contributed by atoms with Crippen LogP contribution in [0.4, 0.5) is 0 Å². The van der Waals surface area contributed by atoms with Gasteiger partial charge in [-0.3, -0.25) is 9.78 Å². The number of hydrogen-bond donors (Lipinski definition) is 0. The lowest BCUT2D eigenvalue weighted by Gasteiger charge is -2.32. The molecule has 0 N–H and O–H groups in total. The summed E-state index contributed by atoms with van der Waals surface area (Å²) in [5.74, 6) is 0.672. The van der Waals surface area contributed by atoms with E-state index in [1.54, 1.807) is 24.7 Å². The molecule has 3 heterocycles. The number of piperidine rings is 1. The van der Waals surface area contributed by atoms with Crippen molar-refractivity contribution >= 4 is 5.91 Å². The number of amides is 1. The van der Waals surface area contributed by atoms with Crippen molar-refractivity contribution in [3.8, 4) is 5.88 Å². The molecule has 1 saturated heterocycles. The first-order valence-electron chi connectivity index (χ1n) is 7.40. The van der Waals surface area contributed by atoms with Crippen molar-refractivity contribution in [2.75, 3.05) is 13.1 Å². The monoisotopic (exact) mass is 298 g/mol. The number of rotatable bonds is 4. The molecular formula is C16H18N4O2. The number of carbonyl (C=O) groups is 1. The number of likely N-dealkylation sites (tertiary alicyclic amines) is 1. The van der Waals surface area contributed by atoms with Gasteiger partial charge in [0.2, 0.25) is 11.8 Å². The fourth-order valence-electron chi connectivity index (χ4n) is 2.57. The molecule has 1 amide bonds. The van der Waals surface area contributed by atoms with E-state index in [2.05, 4.69) is 15.0 Å². The average molecular weight is 298 g/mol. The van der Waals surface area contributed by atoms with Crippen molar-refractivity contribution in [3.05, 3.63) is 48.7 Å². The molecule has 2 aromatic rings. The SMILES string of the molecule is O=C(Cc1cccnc1)N1CCCC(Oc2ccncn2)C1. The molecule has 114 valence electrons. The lowest BCUT2D eigenvalue weighted by molar-refractivity contribution is -0.133. The van der Waals surface area contributed by atoms with Gasteiger partial charge < -0.3 is 9.64 Å². The normalized spacial score (nSPS) is 18.0. The van der Waals surface area contributed by atoms with Crippen LogP contribution in [0.5, 0.6) is 5.88 Å². The molecule has 3 rings (SSSR count). The zero-order chi connectivity index (χ0) is 15.2. The molecule has 6 nitrogen and oxygen atoms in total. The average Bonchev–Trinajstić information content (AvgIpc) is 2.57. The number of nitrogens with zero attached hydrogens (tertiary/aromatic N) is 4. The Morgan fingerprint density at radius 3 is 3.05 bits per heavy atom. The Bertz CT molecular complexity index is 606. The number of aromatic nitrogens is 3. The van der Waals surface area contributed by atoms with Crippen LogP contribution in [-0.4, -0.2) is 45.0 Å². The summed E-state index contributed by atoms with van der Waals surface area (Å²) in [5, 5.41) is 0. The summed E-state index contributed by atoms with van der Waals surface area (Å²) in [6, 6.07) is 5.50. The predicted octanol–water partition coefficient (Wildman–Crippen LogP) is 1.48. The van der Waals surface area contributed by atoms with Crippen molar-refractivity contribution in [3.63, 3.8) is 0 Å². The Morgan fingerprint density at radius 2 is 2.27 bits per heavy atom. The van der Waals surface area contributed by atoms with Crippen LogP contribution in [0.2, 0.25) is 0 Å². The Hall–Kier alpha value is -2.50. The minimum absolute atomic E-state index is 0.0125. The van der Waals surface area contributed by atoms with E-state index in [1.165, 1.54) is 6.33 Å². The fourth-order valence-corrected chi connectivity index (χ4v) is 2.57. The van der Waals surface area contributed by atoms with Crippen LogP contribution >= 0.6 is 0 Å². The predicted molar refractivity (Wildman–Crippen MR) is 80.2 cm³/mol. The number of pyridine rings is 1. The molecule has 1 fully saturated rings. The Kier molecular flexibility index (Phi) is 4.58. The minimum atomic E-state index is -0.0125. The molecule has 1 atom stereocenters. The molecule has 0 spiro atoms. The molecular weight excluding hydrogens is 280 g/mol. The standard InChI is InChI=1S/C16H18N4O2/c21-16(9-13-3-1-6-17-10-13)20-8-2-4-14(11-20)22-15-5-7-18-12-19-15/h1,3,5-7,10,12,14H,2,4,8-9,11H2. The summed E-state index contributed by atoms with van der Waals surface area (Å²) in [7, 11) is 0. The smallest absolute Gasteiger partial charge is 0.227 e. The lowest BCUT2D eigenvalue weighted by Crippen LogP contribution is -2.45. The minimum Gasteiger partial charge on any atom is -0.472 e. The molecule has 6 heteroatoms. The van der Waals surface area contributed by atoms with Gasteiger partial charge in [0, 0.05) is 31.2 Å². The van der Waals surface area contributed by atoms with Crippen molar-refractivity contribution in [1.82, 2.24) is 19.9 Å². The van der Waals surface area contributed by atoms with Gasteiger partial charge in [0.05, 0.1) is 13.0 Å². The maximum atomic E-state index is 12.4. The Morgan fingerprint density at radius 1 is 1.32 bits per heavy atom. The van der Waals surface area contributed by atoms with Gasteiger partial charge in [-0.25, -0.2) is 9.97 Å². The van der Waals surface area contributed by atoms with Gasteiger partial charge in [0.1, 0.15) is 12.4 Å². The summed E-state index contributed by atoms with van der Waals surface area (Å²) < 4.78 is 5.83. The molecule has 1 aliphatic heterocycles. The first kappa shape index (κ1) is 14.4. The van der Waals surface area contributed by atoms with Crippen LogP contribution in [0, 0.1) is 0 Å². The molecule has 0 saturated carbocycles. The zero-order valence-electron chi connectivity index (χ0n) is 12.3. The van der Waals surface area contributed by atoms with Crippen molar-refractivity contribution < 1.29 is 9.53 Å². The molecule has 1 aliphatic rings. The highest BCUT2D eigenvalue weighted by atomic mass is 16.5. The van der Waals surface area contributed by atoms with Gasteiger partial charge in [0.25, 0.3) is 0 Å². The molecule has 2 aromatic heterocycles. The van der Waals surface area contributed by atoms with E-state index >= 15 is 0 Å². The Balaban J connectivity index is 1.57. The van der Waals surface area contributed by atoms with Crippen LogP contribution in [0.1, 0.15) is 18.4 Å². The van der Waals surface area contributed by atoms with Gasteiger partial charge in [-0.05, 0) is 24.5 Å². The maximum Gasteiger partial charge on any atom is 0.227 e. The van der Waals surface area contributed by atoms with E-state index in [4.69, 9.17) is 4.74 Å². The van der Waals surface area contributed by atoms with Crippen molar-refractivity contribution in [1.29, 1.82) is 0 Å². The second kappa shape index (κ2) is 6.98. The van der Waals surface area contributed by atoms with Gasteiger partial charge >= 0.3 is 0 Å². The second-order valence-corrected chi connectivity index (χ2v) is 5.31. The number of hydrogen-bond acceptors (Lipinski definition) is 5. The van der Waals surface area contributed by atoms with E-state index in [0.29, 0.717) is 18.8 Å². The van der Waals surface area contributed by atoms with Crippen LogP contribution in [0.3, 0.4) is 0 Å². The molecule has 0 bridgehead atoms. The first-order chi connectivity index (χ1) is 10.8. The fraction of sp³-hybridized carbons (Fsp3) is 0.375. The molecule has 0 aliphatic carbocycles. The lowest BCUT2D eigenvalue weighted by atomic mass is 10.1. The third kappa shape index (κ3) is 3.78. The van der Waals surface area contributed by atoms with Gasteiger partial charge in [-0.15, -0.1) is 0 Å². The second-order valence-electron chi connectivity index (χ2n) is 5.31. The highest BCUT2D eigenvalue weighted by Gasteiger charge is 2.25. The van der Waals surface area contributed by atoms with E-state index in [9.17, 15) is 4.79 Å². The molecule has 0 aromatic carbocycles. The summed E-state index contributed by atoms with van der Waals surface area (Å²) >= 11 is 0. The van der Waals surface area contributed by atoms with E-state index < -0.39 is 0 Å². The van der Waals surface area contributed by atoms with Gasteiger partial charge in [-0.2, -0.15) is 0 Å². The van der Waals surface area contributed by atoms with Crippen LogP contribution in [0.15, 0.2) is 43.1 Å². The molecule has 1 unspecified atom stereocenters. The summed E-state index contributed by atoms with van der Waals surface area (Å²) in [6.45, 7) is 1.38. The zero-order valence-corrected chi connectivity index (χ0v) is 12.3. The number of ether oxygens (including phenoxy) is 1. The van der Waals surface area contributed by atoms with E-state index in [1.807, 2.05) is 17.0 Å². The van der Waals surface area contributed by atoms with Crippen molar-refractivity contribution in [2.45, 2.75) is 25.4 Å². The van der Waals surface area contributed by atoms with Crippen LogP contribution < -0.4 is 4.74 Å². The largest absolute Gasteiger partial charge is 0.472 e. The third-order valence-corrected chi connectivity index (χ3v) is 3.65. The third-order valence-electron chi connectivity index (χ3n) is 3.65. The van der Waals surface area contributed by atoms with Crippen molar-refractivity contribution in [2.24, 2.45) is 0 Å². The molecule has 22 heavy (non-hydrogen) atoms. The first-order valence-corrected chi connectivity index (χ1v) is 7.40.